The van der Waals surface area contributed by atoms with Crippen molar-refractivity contribution in [2.75, 3.05) is 26.7 Å². The first-order valence-corrected chi connectivity index (χ1v) is 6.22. The van der Waals surface area contributed by atoms with Crippen molar-refractivity contribution in [2.24, 2.45) is 5.92 Å². The molecule has 4 heteroatoms. The van der Waals surface area contributed by atoms with E-state index >= 15 is 0 Å². The van der Waals surface area contributed by atoms with Crippen LogP contribution in [0.4, 0.5) is 0 Å². The molecule has 0 radical (unpaired) electrons. The fraction of sp³-hybridized carbons (Fsp3) is 0.917. The number of nitrogens with one attached hydrogen (secondary N) is 1. The van der Waals surface area contributed by atoms with Crippen molar-refractivity contribution in [3.63, 3.8) is 0 Å². The third kappa shape index (κ3) is 4.49. The molecule has 94 valence electrons. The van der Waals surface area contributed by atoms with Crippen molar-refractivity contribution < 1.29 is 9.90 Å². The lowest BCUT2D eigenvalue weighted by Gasteiger charge is -2.30. The number of nitrogens with zero attached hydrogens (tertiary/aromatic N) is 1. The molecular weight excluding hydrogens is 204 g/mol. The van der Waals surface area contributed by atoms with Crippen LogP contribution >= 0.6 is 0 Å². The molecule has 0 saturated heterocycles. The van der Waals surface area contributed by atoms with Crippen molar-refractivity contribution in [3.05, 3.63) is 0 Å². The Morgan fingerprint density at radius 1 is 1.44 bits per heavy atom. The average Bonchev–Trinajstić information content (AvgIpc) is 2.21. The second-order valence-electron chi connectivity index (χ2n) is 4.90. The van der Waals surface area contributed by atoms with E-state index in [1.165, 1.54) is 19.3 Å². The largest absolute Gasteiger partial charge is 0.395 e. The molecule has 1 saturated carbocycles. The van der Waals surface area contributed by atoms with Crippen LogP contribution in [0.2, 0.25) is 0 Å². The van der Waals surface area contributed by atoms with Crippen LogP contribution < -0.4 is 5.32 Å². The molecule has 0 aromatic carbocycles. The van der Waals surface area contributed by atoms with E-state index in [0.29, 0.717) is 25.0 Å². The van der Waals surface area contributed by atoms with Crippen molar-refractivity contribution in [2.45, 2.75) is 38.6 Å². The summed E-state index contributed by atoms with van der Waals surface area (Å²) in [4.78, 5) is 13.5. The van der Waals surface area contributed by atoms with Gasteiger partial charge >= 0.3 is 0 Å². The van der Waals surface area contributed by atoms with Gasteiger partial charge in [-0.3, -0.25) is 9.69 Å². The molecule has 1 fully saturated rings. The summed E-state index contributed by atoms with van der Waals surface area (Å²) in [5.74, 6) is 0.676. The van der Waals surface area contributed by atoms with Crippen molar-refractivity contribution in [3.8, 4) is 0 Å². The molecule has 0 aliphatic heterocycles. The summed E-state index contributed by atoms with van der Waals surface area (Å²) in [6.07, 6.45) is 4.84. The predicted octanol–water partition coefficient (Wildman–Crippen LogP) is 0.605. The highest BCUT2D eigenvalue weighted by atomic mass is 16.3. The number of amides is 1. The summed E-state index contributed by atoms with van der Waals surface area (Å²) < 4.78 is 0. The molecule has 1 aliphatic carbocycles. The van der Waals surface area contributed by atoms with Gasteiger partial charge in [0.05, 0.1) is 13.2 Å². The first kappa shape index (κ1) is 13.5. The zero-order valence-corrected chi connectivity index (χ0v) is 10.4. The van der Waals surface area contributed by atoms with Gasteiger partial charge in [0.2, 0.25) is 5.91 Å². The normalized spacial score (nSPS) is 25.8. The molecule has 1 aliphatic rings. The van der Waals surface area contributed by atoms with E-state index in [1.807, 2.05) is 11.9 Å². The van der Waals surface area contributed by atoms with E-state index in [-0.39, 0.29) is 12.5 Å². The van der Waals surface area contributed by atoms with Gasteiger partial charge in [-0.15, -0.1) is 0 Å². The maximum atomic E-state index is 11.7. The molecular formula is C12H24N2O2. The zero-order valence-electron chi connectivity index (χ0n) is 10.4. The van der Waals surface area contributed by atoms with Gasteiger partial charge in [-0.25, -0.2) is 0 Å². The number of hydrogen-bond donors (Lipinski definition) is 2. The molecule has 1 amide bonds. The first-order valence-electron chi connectivity index (χ1n) is 6.22. The summed E-state index contributed by atoms with van der Waals surface area (Å²) in [7, 11) is 1.85. The van der Waals surface area contributed by atoms with E-state index in [1.54, 1.807) is 0 Å². The van der Waals surface area contributed by atoms with Crippen molar-refractivity contribution in [1.29, 1.82) is 0 Å². The number of hydrogen-bond acceptors (Lipinski definition) is 3. The third-order valence-electron chi connectivity index (χ3n) is 3.35. The second kappa shape index (κ2) is 6.86. The highest BCUT2D eigenvalue weighted by Gasteiger charge is 2.22. The average molecular weight is 228 g/mol. The fourth-order valence-corrected chi connectivity index (χ4v) is 2.28. The first-order chi connectivity index (χ1) is 7.63. The Morgan fingerprint density at radius 3 is 2.75 bits per heavy atom. The van der Waals surface area contributed by atoms with E-state index < -0.39 is 0 Å². The lowest BCUT2D eigenvalue weighted by Crippen LogP contribution is -2.45. The lowest BCUT2D eigenvalue weighted by atomic mass is 9.86. The topological polar surface area (TPSA) is 52.6 Å². The molecule has 0 aromatic rings. The predicted molar refractivity (Wildman–Crippen MR) is 64.1 cm³/mol. The molecule has 0 aromatic heterocycles. The minimum atomic E-state index is 0.0784. The molecule has 2 N–H and O–H groups in total. The van der Waals surface area contributed by atoms with Gasteiger partial charge in [-0.2, -0.15) is 0 Å². The van der Waals surface area contributed by atoms with Gasteiger partial charge in [0.15, 0.2) is 0 Å². The number of likely N-dealkylation sites (N-methyl/N-ethyl adjacent to an activating group) is 1. The third-order valence-corrected chi connectivity index (χ3v) is 3.35. The van der Waals surface area contributed by atoms with Crippen molar-refractivity contribution >= 4 is 5.91 Å². The number of aliphatic hydroxyl groups excluding tert-OH is 1. The quantitative estimate of drug-likeness (QED) is 0.725. The van der Waals surface area contributed by atoms with Crippen LogP contribution in [0, 0.1) is 5.92 Å². The van der Waals surface area contributed by atoms with Gasteiger partial charge in [0.25, 0.3) is 0 Å². The number of carbonyl (C=O) groups excluding carboxylic acids is 1. The van der Waals surface area contributed by atoms with Crippen LogP contribution in [0.5, 0.6) is 0 Å². The van der Waals surface area contributed by atoms with Gasteiger partial charge in [0.1, 0.15) is 0 Å². The van der Waals surface area contributed by atoms with Gasteiger partial charge in [-0.05, 0) is 25.8 Å². The minimum Gasteiger partial charge on any atom is -0.395 e. The van der Waals surface area contributed by atoms with Crippen LogP contribution in [0.3, 0.4) is 0 Å². The van der Waals surface area contributed by atoms with Crippen LogP contribution in [0.15, 0.2) is 0 Å². The number of aliphatic hydroxyl groups is 1. The minimum absolute atomic E-state index is 0.0784. The van der Waals surface area contributed by atoms with Crippen molar-refractivity contribution in [1.82, 2.24) is 10.2 Å². The smallest absolute Gasteiger partial charge is 0.234 e. The second-order valence-corrected chi connectivity index (χ2v) is 4.90. The van der Waals surface area contributed by atoms with E-state index in [9.17, 15) is 4.79 Å². The lowest BCUT2D eigenvalue weighted by molar-refractivity contribution is -0.123. The zero-order chi connectivity index (χ0) is 12.0. The maximum absolute atomic E-state index is 11.7. The van der Waals surface area contributed by atoms with Gasteiger partial charge in [-0.1, -0.05) is 19.8 Å². The Hall–Kier alpha value is -0.610. The molecule has 0 bridgehead atoms. The monoisotopic (exact) mass is 228 g/mol. The molecule has 16 heavy (non-hydrogen) atoms. The maximum Gasteiger partial charge on any atom is 0.234 e. The number of rotatable bonds is 5. The number of carbonyl (C=O) groups is 1. The summed E-state index contributed by atoms with van der Waals surface area (Å²) in [6.45, 7) is 3.24. The summed E-state index contributed by atoms with van der Waals surface area (Å²) in [5, 5.41) is 11.8. The van der Waals surface area contributed by atoms with Gasteiger partial charge in [0, 0.05) is 12.6 Å². The molecule has 0 unspecified atom stereocenters. The Bertz CT molecular complexity index is 221. The Morgan fingerprint density at radius 2 is 2.12 bits per heavy atom. The Kier molecular flexibility index (Phi) is 5.77. The fourth-order valence-electron chi connectivity index (χ4n) is 2.28. The molecule has 0 spiro atoms. The van der Waals surface area contributed by atoms with Gasteiger partial charge < -0.3 is 10.4 Å². The Labute approximate surface area is 98.0 Å². The van der Waals surface area contributed by atoms with E-state index in [0.717, 1.165) is 6.42 Å². The summed E-state index contributed by atoms with van der Waals surface area (Å²) in [6, 6.07) is 0.351. The SMILES string of the molecule is C[C@@H]1CCCC[C@@H]1NC(=O)CN(C)CCO. The highest BCUT2D eigenvalue weighted by molar-refractivity contribution is 5.78. The summed E-state index contributed by atoms with van der Waals surface area (Å²) in [5.41, 5.74) is 0. The molecule has 1 rings (SSSR count). The standard InChI is InChI=1S/C12H24N2O2/c1-10-5-3-4-6-11(10)13-12(16)9-14(2)7-8-15/h10-11,15H,3-9H2,1-2H3,(H,13,16)/t10-,11+/m1/s1. The van der Waals surface area contributed by atoms with E-state index in [4.69, 9.17) is 5.11 Å². The summed E-state index contributed by atoms with van der Waals surface area (Å²) >= 11 is 0. The highest BCUT2D eigenvalue weighted by Crippen LogP contribution is 2.23. The van der Waals surface area contributed by atoms with E-state index in [2.05, 4.69) is 12.2 Å². The Balaban J connectivity index is 2.27. The molecule has 0 heterocycles. The molecule has 2 atom stereocenters. The molecule has 4 nitrogen and oxygen atoms in total. The van der Waals surface area contributed by atoms with Crippen LogP contribution in [0.1, 0.15) is 32.6 Å². The van der Waals surface area contributed by atoms with Crippen LogP contribution in [-0.4, -0.2) is 48.7 Å². The van der Waals surface area contributed by atoms with Crippen LogP contribution in [-0.2, 0) is 4.79 Å². The van der Waals surface area contributed by atoms with Crippen LogP contribution in [0.25, 0.3) is 0 Å².